The third-order valence-electron chi connectivity index (χ3n) is 4.90. The fraction of sp³-hybridized carbons (Fsp3) is 0.500. The summed E-state index contributed by atoms with van der Waals surface area (Å²) < 4.78 is 1.13. The lowest BCUT2D eigenvalue weighted by Crippen LogP contribution is -2.22. The highest BCUT2D eigenvalue weighted by atomic mass is 127. The molecule has 2 fully saturated rings. The highest BCUT2D eigenvalue weighted by molar-refractivity contribution is 14.1. The van der Waals surface area contributed by atoms with Crippen LogP contribution in [0, 0.1) is 20.8 Å². The molecule has 2 saturated carbocycles. The normalized spacial score (nSPS) is 31.9. The lowest BCUT2D eigenvalue weighted by molar-refractivity contribution is -0.123. The number of benzene rings is 1. The van der Waals surface area contributed by atoms with E-state index < -0.39 is 0 Å². The number of fused-ring (bicyclic) bond motifs is 1. The number of nitrogens with one attached hydrogen (secondary N) is 1. The van der Waals surface area contributed by atoms with Gasteiger partial charge in [0.1, 0.15) is 0 Å². The van der Waals surface area contributed by atoms with Crippen LogP contribution in [0.2, 0.25) is 0 Å². The van der Waals surface area contributed by atoms with Crippen LogP contribution < -0.4 is 5.43 Å². The van der Waals surface area contributed by atoms with Gasteiger partial charge in [0.25, 0.3) is 0 Å². The highest BCUT2D eigenvalue weighted by Crippen LogP contribution is 2.66. The number of nitrogens with zero attached hydrogens (tertiary/aromatic N) is 1. The number of hydrogen-bond donors (Lipinski definition) is 1. The summed E-state index contributed by atoms with van der Waals surface area (Å²) in [5.41, 5.74) is 4.01. The van der Waals surface area contributed by atoms with E-state index in [9.17, 15) is 4.79 Å². The summed E-state index contributed by atoms with van der Waals surface area (Å²) >= 11 is 2.27. The van der Waals surface area contributed by atoms with Crippen LogP contribution >= 0.6 is 22.6 Å². The zero-order valence-electron chi connectivity index (χ0n) is 11.6. The number of hydrogen-bond acceptors (Lipinski definition) is 2. The predicted octanol–water partition coefficient (Wildman–Crippen LogP) is 3.57. The van der Waals surface area contributed by atoms with E-state index in [0.717, 1.165) is 9.13 Å². The third-order valence-corrected chi connectivity index (χ3v) is 5.88. The molecule has 4 heteroatoms. The maximum atomic E-state index is 12.2. The first kappa shape index (κ1) is 14.0. The molecule has 0 aromatic heterocycles. The molecule has 0 aliphatic heterocycles. The standard InChI is InChI=1S/C16H19IN2O/c1-16-9-5-4-7-12(16)14(16)15(20)19-18-10-11-6-2-3-8-13(11)17/h2-3,6,8,10,12,14H,4-5,7,9H2,1H3,(H,19,20)/b18-10-/t12-,14+,16+/m0/s1. The second-order valence-corrected chi connectivity index (χ2v) is 7.25. The average molecular weight is 382 g/mol. The molecule has 1 amide bonds. The van der Waals surface area contributed by atoms with Gasteiger partial charge in [-0.05, 0) is 52.8 Å². The summed E-state index contributed by atoms with van der Waals surface area (Å²) in [6, 6.07) is 7.99. The van der Waals surface area contributed by atoms with E-state index in [4.69, 9.17) is 0 Å². The molecule has 0 heterocycles. The Morgan fingerprint density at radius 1 is 1.45 bits per heavy atom. The van der Waals surface area contributed by atoms with Crippen LogP contribution in [0.5, 0.6) is 0 Å². The van der Waals surface area contributed by atoms with E-state index >= 15 is 0 Å². The Bertz CT molecular complexity index is 557. The third kappa shape index (κ3) is 2.50. The number of rotatable bonds is 3. The minimum atomic E-state index is 0.0987. The van der Waals surface area contributed by atoms with Gasteiger partial charge in [-0.15, -0.1) is 0 Å². The largest absolute Gasteiger partial charge is 0.273 e. The van der Waals surface area contributed by atoms with Crippen molar-refractivity contribution in [2.45, 2.75) is 32.6 Å². The van der Waals surface area contributed by atoms with Crippen LogP contribution in [0.3, 0.4) is 0 Å². The molecule has 106 valence electrons. The van der Waals surface area contributed by atoms with Gasteiger partial charge in [0.15, 0.2) is 0 Å². The molecule has 0 spiro atoms. The Labute approximate surface area is 133 Å². The molecule has 3 nitrogen and oxygen atoms in total. The SMILES string of the molecule is C[C@@]12CCCC[C@H]1[C@@H]2C(=O)N/N=C\c1ccccc1I. The van der Waals surface area contributed by atoms with Crippen molar-refractivity contribution in [1.82, 2.24) is 5.43 Å². The van der Waals surface area contributed by atoms with Crippen molar-refractivity contribution < 1.29 is 4.79 Å². The molecule has 2 aliphatic rings. The Morgan fingerprint density at radius 2 is 2.25 bits per heavy atom. The van der Waals surface area contributed by atoms with Crippen LogP contribution in [-0.2, 0) is 4.79 Å². The van der Waals surface area contributed by atoms with Gasteiger partial charge in [-0.2, -0.15) is 5.10 Å². The van der Waals surface area contributed by atoms with Gasteiger partial charge < -0.3 is 0 Å². The van der Waals surface area contributed by atoms with E-state index in [-0.39, 0.29) is 17.2 Å². The smallest absolute Gasteiger partial charge is 0.244 e. The van der Waals surface area contributed by atoms with Crippen molar-refractivity contribution in [2.24, 2.45) is 22.4 Å². The zero-order chi connectivity index (χ0) is 14.2. The van der Waals surface area contributed by atoms with E-state index in [0.29, 0.717) is 5.92 Å². The van der Waals surface area contributed by atoms with Gasteiger partial charge in [0.2, 0.25) is 5.91 Å². The Hall–Kier alpha value is -0.910. The number of carbonyl (C=O) groups excluding carboxylic acids is 1. The van der Waals surface area contributed by atoms with Crippen molar-refractivity contribution in [3.63, 3.8) is 0 Å². The van der Waals surface area contributed by atoms with Gasteiger partial charge in [0.05, 0.1) is 6.21 Å². The van der Waals surface area contributed by atoms with Gasteiger partial charge >= 0.3 is 0 Å². The number of amides is 1. The molecule has 3 rings (SSSR count). The first-order valence-corrected chi connectivity index (χ1v) is 8.28. The first-order chi connectivity index (χ1) is 9.63. The monoisotopic (exact) mass is 382 g/mol. The lowest BCUT2D eigenvalue weighted by atomic mass is 9.90. The molecule has 0 unspecified atom stereocenters. The molecule has 1 aromatic rings. The van der Waals surface area contributed by atoms with E-state index in [2.05, 4.69) is 40.0 Å². The Kier molecular flexibility index (Phi) is 3.84. The molecule has 2 aliphatic carbocycles. The van der Waals surface area contributed by atoms with Crippen molar-refractivity contribution in [1.29, 1.82) is 0 Å². The van der Waals surface area contributed by atoms with Gasteiger partial charge in [-0.25, -0.2) is 5.43 Å². The van der Waals surface area contributed by atoms with Crippen molar-refractivity contribution in [3.8, 4) is 0 Å². The molecular formula is C16H19IN2O. The van der Waals surface area contributed by atoms with Crippen molar-refractivity contribution >= 4 is 34.7 Å². The zero-order valence-corrected chi connectivity index (χ0v) is 13.8. The Morgan fingerprint density at radius 3 is 2.95 bits per heavy atom. The molecular weight excluding hydrogens is 363 g/mol. The summed E-state index contributed by atoms with van der Waals surface area (Å²) in [6.45, 7) is 2.25. The minimum absolute atomic E-state index is 0.0987. The molecule has 20 heavy (non-hydrogen) atoms. The molecule has 1 aromatic carbocycles. The van der Waals surface area contributed by atoms with Crippen molar-refractivity contribution in [3.05, 3.63) is 33.4 Å². The maximum absolute atomic E-state index is 12.2. The summed E-state index contributed by atoms with van der Waals surface area (Å²) in [5, 5.41) is 4.12. The average Bonchev–Trinajstić information content (AvgIpc) is 3.06. The summed E-state index contributed by atoms with van der Waals surface area (Å²) in [4.78, 5) is 12.2. The molecule has 0 radical (unpaired) electrons. The topological polar surface area (TPSA) is 41.5 Å². The highest BCUT2D eigenvalue weighted by Gasteiger charge is 2.64. The molecule has 0 saturated heterocycles. The van der Waals surface area contributed by atoms with E-state index in [1.165, 1.54) is 25.7 Å². The second kappa shape index (κ2) is 5.47. The fourth-order valence-corrected chi connectivity index (χ4v) is 4.19. The van der Waals surface area contributed by atoms with Crippen LogP contribution in [0.1, 0.15) is 38.2 Å². The Balaban J connectivity index is 1.60. The van der Waals surface area contributed by atoms with E-state index in [1.54, 1.807) is 6.21 Å². The number of carbonyl (C=O) groups is 1. The summed E-state index contributed by atoms with van der Waals surface area (Å²) in [6.07, 6.45) is 6.66. The second-order valence-electron chi connectivity index (χ2n) is 6.09. The summed E-state index contributed by atoms with van der Waals surface area (Å²) in [5.74, 6) is 0.863. The number of hydrazone groups is 1. The van der Waals surface area contributed by atoms with Gasteiger partial charge in [-0.1, -0.05) is 38.0 Å². The predicted molar refractivity (Wildman–Crippen MR) is 88.5 cm³/mol. The molecule has 0 bridgehead atoms. The van der Waals surface area contributed by atoms with Crippen molar-refractivity contribution in [2.75, 3.05) is 0 Å². The van der Waals surface area contributed by atoms with Crippen LogP contribution in [0.15, 0.2) is 29.4 Å². The summed E-state index contributed by atoms with van der Waals surface area (Å²) in [7, 11) is 0. The maximum Gasteiger partial charge on any atom is 0.244 e. The minimum Gasteiger partial charge on any atom is -0.273 e. The van der Waals surface area contributed by atoms with Crippen LogP contribution in [0.25, 0.3) is 0 Å². The quantitative estimate of drug-likeness (QED) is 0.485. The van der Waals surface area contributed by atoms with E-state index in [1.807, 2.05) is 24.3 Å². The van der Waals surface area contributed by atoms with Gasteiger partial charge in [-0.3, -0.25) is 4.79 Å². The fourth-order valence-electron chi connectivity index (χ4n) is 3.67. The molecule has 1 N–H and O–H groups in total. The number of halogens is 1. The van der Waals surface area contributed by atoms with Crippen LogP contribution in [-0.4, -0.2) is 12.1 Å². The lowest BCUT2D eigenvalue weighted by Gasteiger charge is -2.15. The van der Waals surface area contributed by atoms with Crippen LogP contribution in [0.4, 0.5) is 0 Å². The molecule has 3 atom stereocenters. The first-order valence-electron chi connectivity index (χ1n) is 7.20. The van der Waals surface area contributed by atoms with Gasteiger partial charge in [0, 0.05) is 15.1 Å².